The molecule has 2 amide bonds. The Morgan fingerprint density at radius 2 is 2.12 bits per heavy atom. The second-order valence-corrected chi connectivity index (χ2v) is 8.55. The minimum atomic E-state index is 0.0813. The summed E-state index contributed by atoms with van der Waals surface area (Å²) in [5.74, 6) is 1.02. The Morgan fingerprint density at radius 1 is 1.31 bits per heavy atom. The SMILES string of the molecule is Cc1ccnn1CC(=O)N1CCC[C@@]2(CCC(=O)N(CCC(C)C)C2)C1. The lowest BCUT2D eigenvalue weighted by Gasteiger charge is -2.48. The third kappa shape index (κ3) is 4.27. The van der Waals surface area contributed by atoms with Crippen LogP contribution in [0.15, 0.2) is 12.3 Å². The first kappa shape index (κ1) is 18.9. The molecular formula is C20H32N4O2. The number of hydrogen-bond acceptors (Lipinski definition) is 3. The van der Waals surface area contributed by atoms with Crippen LogP contribution >= 0.6 is 0 Å². The number of likely N-dealkylation sites (tertiary alicyclic amines) is 2. The van der Waals surface area contributed by atoms with Crippen LogP contribution in [0.25, 0.3) is 0 Å². The van der Waals surface area contributed by atoms with Crippen molar-refractivity contribution in [2.24, 2.45) is 11.3 Å². The van der Waals surface area contributed by atoms with Crippen LogP contribution in [0.4, 0.5) is 0 Å². The molecule has 3 rings (SSSR count). The highest BCUT2D eigenvalue weighted by Crippen LogP contribution is 2.39. The van der Waals surface area contributed by atoms with E-state index in [1.165, 1.54) is 0 Å². The predicted molar refractivity (Wildman–Crippen MR) is 100 cm³/mol. The molecule has 2 aliphatic rings. The van der Waals surface area contributed by atoms with Gasteiger partial charge >= 0.3 is 0 Å². The minimum absolute atomic E-state index is 0.0813. The van der Waals surface area contributed by atoms with E-state index in [0.717, 1.165) is 57.6 Å². The Morgan fingerprint density at radius 3 is 2.81 bits per heavy atom. The van der Waals surface area contributed by atoms with Gasteiger partial charge < -0.3 is 9.80 Å². The van der Waals surface area contributed by atoms with Crippen molar-refractivity contribution in [3.05, 3.63) is 18.0 Å². The summed E-state index contributed by atoms with van der Waals surface area (Å²) in [6, 6.07) is 1.92. The van der Waals surface area contributed by atoms with Crippen molar-refractivity contribution in [3.8, 4) is 0 Å². The number of hydrogen-bond donors (Lipinski definition) is 0. The molecule has 1 atom stereocenters. The van der Waals surface area contributed by atoms with E-state index >= 15 is 0 Å². The van der Waals surface area contributed by atoms with Crippen molar-refractivity contribution in [2.45, 2.75) is 59.4 Å². The summed E-state index contributed by atoms with van der Waals surface area (Å²) >= 11 is 0. The highest BCUT2D eigenvalue weighted by Gasteiger charge is 2.42. The van der Waals surface area contributed by atoms with Crippen molar-refractivity contribution in [1.82, 2.24) is 19.6 Å². The molecule has 0 bridgehead atoms. The van der Waals surface area contributed by atoms with Gasteiger partial charge in [-0.1, -0.05) is 13.8 Å². The molecule has 6 nitrogen and oxygen atoms in total. The number of nitrogens with zero attached hydrogens (tertiary/aromatic N) is 4. The number of aryl methyl sites for hydroxylation is 1. The highest BCUT2D eigenvalue weighted by molar-refractivity contribution is 5.78. The van der Waals surface area contributed by atoms with E-state index in [4.69, 9.17) is 0 Å². The van der Waals surface area contributed by atoms with Gasteiger partial charge in [-0.3, -0.25) is 14.3 Å². The van der Waals surface area contributed by atoms with Gasteiger partial charge in [0.2, 0.25) is 11.8 Å². The zero-order chi connectivity index (χ0) is 18.7. The van der Waals surface area contributed by atoms with Gasteiger partial charge in [0.05, 0.1) is 0 Å². The van der Waals surface area contributed by atoms with Crippen LogP contribution in [-0.2, 0) is 16.1 Å². The monoisotopic (exact) mass is 360 g/mol. The number of amides is 2. The summed E-state index contributed by atoms with van der Waals surface area (Å²) in [4.78, 5) is 29.2. The second-order valence-electron chi connectivity index (χ2n) is 8.55. The van der Waals surface area contributed by atoms with Crippen LogP contribution < -0.4 is 0 Å². The number of carbonyl (C=O) groups excluding carboxylic acids is 2. The van der Waals surface area contributed by atoms with E-state index in [-0.39, 0.29) is 17.2 Å². The summed E-state index contributed by atoms with van der Waals surface area (Å²) in [5.41, 5.74) is 1.09. The normalized spacial score (nSPS) is 23.9. The molecule has 0 aliphatic carbocycles. The fraction of sp³-hybridized carbons (Fsp3) is 0.750. The van der Waals surface area contributed by atoms with Crippen LogP contribution in [0.1, 0.15) is 51.6 Å². The topological polar surface area (TPSA) is 58.4 Å². The number of piperidine rings is 2. The quantitative estimate of drug-likeness (QED) is 0.810. The maximum atomic E-state index is 12.8. The third-order valence-corrected chi connectivity index (χ3v) is 5.95. The molecule has 2 fully saturated rings. The van der Waals surface area contributed by atoms with Crippen LogP contribution in [0, 0.1) is 18.3 Å². The van der Waals surface area contributed by atoms with Crippen LogP contribution in [0.5, 0.6) is 0 Å². The average molecular weight is 361 g/mol. The first-order valence-electron chi connectivity index (χ1n) is 9.92. The van der Waals surface area contributed by atoms with E-state index in [0.29, 0.717) is 18.9 Å². The molecule has 26 heavy (non-hydrogen) atoms. The Balaban J connectivity index is 1.63. The zero-order valence-electron chi connectivity index (χ0n) is 16.4. The largest absolute Gasteiger partial charge is 0.342 e. The predicted octanol–water partition coefficient (Wildman–Crippen LogP) is 2.47. The lowest BCUT2D eigenvalue weighted by Crippen LogP contribution is -2.55. The Labute approximate surface area is 156 Å². The summed E-state index contributed by atoms with van der Waals surface area (Å²) in [6.07, 6.45) is 6.45. The molecule has 0 saturated carbocycles. The van der Waals surface area contributed by atoms with Gasteiger partial charge in [-0.25, -0.2) is 0 Å². The number of aromatic nitrogens is 2. The Kier molecular flexibility index (Phi) is 5.68. The van der Waals surface area contributed by atoms with Gasteiger partial charge in [0.25, 0.3) is 0 Å². The molecule has 2 saturated heterocycles. The van der Waals surface area contributed by atoms with Gasteiger partial charge in [0.1, 0.15) is 6.54 Å². The van der Waals surface area contributed by atoms with Crippen molar-refractivity contribution >= 4 is 11.8 Å². The molecule has 3 heterocycles. The van der Waals surface area contributed by atoms with Crippen molar-refractivity contribution in [3.63, 3.8) is 0 Å². The maximum absolute atomic E-state index is 12.8. The smallest absolute Gasteiger partial charge is 0.244 e. The third-order valence-electron chi connectivity index (χ3n) is 5.95. The first-order valence-corrected chi connectivity index (χ1v) is 9.92. The fourth-order valence-electron chi connectivity index (χ4n) is 4.27. The highest BCUT2D eigenvalue weighted by atomic mass is 16.2. The molecule has 144 valence electrons. The lowest BCUT2D eigenvalue weighted by atomic mass is 9.73. The number of carbonyl (C=O) groups is 2. The van der Waals surface area contributed by atoms with Crippen molar-refractivity contribution in [1.29, 1.82) is 0 Å². The molecule has 2 aliphatic heterocycles. The first-order chi connectivity index (χ1) is 12.4. The summed E-state index contributed by atoms with van der Waals surface area (Å²) in [7, 11) is 0. The maximum Gasteiger partial charge on any atom is 0.244 e. The molecule has 1 aromatic heterocycles. The van der Waals surface area contributed by atoms with E-state index in [9.17, 15) is 9.59 Å². The van der Waals surface area contributed by atoms with Crippen molar-refractivity contribution < 1.29 is 9.59 Å². The lowest BCUT2D eigenvalue weighted by molar-refractivity contribution is -0.143. The second kappa shape index (κ2) is 7.80. The van der Waals surface area contributed by atoms with E-state index < -0.39 is 0 Å². The van der Waals surface area contributed by atoms with Gasteiger partial charge in [-0.15, -0.1) is 0 Å². The van der Waals surface area contributed by atoms with Gasteiger partial charge in [0.15, 0.2) is 0 Å². The average Bonchev–Trinajstić information content (AvgIpc) is 3.01. The number of rotatable bonds is 5. The molecule has 0 N–H and O–H groups in total. The van der Waals surface area contributed by atoms with Gasteiger partial charge in [-0.2, -0.15) is 5.10 Å². The summed E-state index contributed by atoms with van der Waals surface area (Å²) < 4.78 is 1.77. The summed E-state index contributed by atoms with van der Waals surface area (Å²) in [6.45, 7) is 9.92. The Hall–Kier alpha value is -1.85. The van der Waals surface area contributed by atoms with E-state index in [2.05, 4.69) is 23.8 Å². The molecule has 1 aromatic rings. The molecular weight excluding hydrogens is 328 g/mol. The summed E-state index contributed by atoms with van der Waals surface area (Å²) in [5, 5.41) is 4.23. The zero-order valence-corrected chi connectivity index (χ0v) is 16.4. The van der Waals surface area contributed by atoms with Gasteiger partial charge in [-0.05, 0) is 44.6 Å². The molecule has 0 aromatic carbocycles. The standard InChI is InChI=1S/C20H32N4O2/c1-16(2)7-12-23-15-20(9-5-18(23)25)8-4-11-22(14-20)19(26)13-24-17(3)6-10-21-24/h6,10,16H,4-5,7-9,11-15H2,1-3H3/t20-/m1/s1. The molecule has 1 spiro atoms. The molecule has 0 unspecified atom stereocenters. The van der Waals surface area contributed by atoms with Gasteiger partial charge in [0, 0.05) is 49.9 Å². The molecule has 0 radical (unpaired) electrons. The van der Waals surface area contributed by atoms with Crippen LogP contribution in [0.3, 0.4) is 0 Å². The van der Waals surface area contributed by atoms with E-state index in [1.54, 1.807) is 10.9 Å². The minimum Gasteiger partial charge on any atom is -0.342 e. The fourth-order valence-corrected chi connectivity index (χ4v) is 4.27. The van der Waals surface area contributed by atoms with Crippen LogP contribution in [0.2, 0.25) is 0 Å². The molecule has 6 heteroatoms. The van der Waals surface area contributed by atoms with E-state index in [1.807, 2.05) is 17.9 Å². The van der Waals surface area contributed by atoms with Crippen molar-refractivity contribution in [2.75, 3.05) is 26.2 Å². The Bertz CT molecular complexity index is 654. The van der Waals surface area contributed by atoms with Crippen LogP contribution in [-0.4, -0.2) is 57.6 Å².